The summed E-state index contributed by atoms with van der Waals surface area (Å²) in [5, 5.41) is 7.32. The summed E-state index contributed by atoms with van der Waals surface area (Å²) in [6, 6.07) is 16.6. The van der Waals surface area contributed by atoms with Gasteiger partial charge in [0.25, 0.3) is 0 Å². The molecule has 5 heteroatoms. The third kappa shape index (κ3) is 2.65. The molecule has 2 aromatic carbocycles. The minimum absolute atomic E-state index is 0.323. The van der Waals surface area contributed by atoms with Gasteiger partial charge < -0.3 is 10.1 Å². The zero-order valence-corrected chi connectivity index (χ0v) is 12.4. The van der Waals surface area contributed by atoms with E-state index in [1.165, 1.54) is 4.68 Å². The number of methoxy groups -OCH3 is 1. The lowest BCUT2D eigenvalue weighted by Crippen LogP contribution is -2.00. The molecule has 0 fully saturated rings. The molecule has 1 heterocycles. The first kappa shape index (κ1) is 14.1. The molecule has 0 aliphatic carbocycles. The monoisotopic (exact) mass is 297 g/mol. The maximum Gasteiger partial charge on any atom is 0.193 e. The van der Waals surface area contributed by atoms with Crippen LogP contribution in [-0.2, 0) is 7.05 Å². The van der Waals surface area contributed by atoms with Crippen LogP contribution in [0.5, 0.6) is 5.75 Å². The second-order valence-electron chi connectivity index (χ2n) is 4.85. The minimum atomic E-state index is -0.371. The molecule has 0 unspecified atom stereocenters. The average Bonchev–Trinajstić information content (AvgIpc) is 2.84. The molecule has 0 aliphatic heterocycles. The maximum atomic E-state index is 14.6. The molecule has 3 aromatic rings. The zero-order valence-electron chi connectivity index (χ0n) is 12.4. The molecule has 3 rings (SSSR count). The summed E-state index contributed by atoms with van der Waals surface area (Å²) in [4.78, 5) is 0. The average molecular weight is 297 g/mol. The van der Waals surface area contributed by atoms with E-state index in [2.05, 4.69) is 10.4 Å². The van der Waals surface area contributed by atoms with E-state index in [-0.39, 0.29) is 5.82 Å². The lowest BCUT2D eigenvalue weighted by molar-refractivity contribution is 0.415. The third-order valence-corrected chi connectivity index (χ3v) is 3.39. The fourth-order valence-electron chi connectivity index (χ4n) is 2.23. The number of aryl methyl sites for hydroxylation is 1. The van der Waals surface area contributed by atoms with E-state index in [4.69, 9.17) is 4.74 Å². The first-order valence-electron chi connectivity index (χ1n) is 6.88. The number of rotatable bonds is 4. The van der Waals surface area contributed by atoms with Crippen LogP contribution >= 0.6 is 0 Å². The lowest BCUT2D eigenvalue weighted by atomic mass is 10.1. The molecular weight excluding hydrogens is 281 g/mol. The molecule has 1 aromatic heterocycles. The molecular formula is C17H16FN3O. The molecule has 112 valence electrons. The first-order chi connectivity index (χ1) is 10.7. The highest BCUT2D eigenvalue weighted by molar-refractivity contribution is 5.67. The summed E-state index contributed by atoms with van der Waals surface area (Å²) in [7, 11) is 3.32. The Balaban J connectivity index is 1.92. The highest BCUT2D eigenvalue weighted by Gasteiger charge is 2.17. The topological polar surface area (TPSA) is 39.1 Å². The van der Waals surface area contributed by atoms with E-state index in [1.54, 1.807) is 14.2 Å². The second kappa shape index (κ2) is 5.89. The van der Waals surface area contributed by atoms with Crippen LogP contribution in [0.2, 0.25) is 0 Å². The van der Waals surface area contributed by atoms with Gasteiger partial charge in [-0.25, -0.2) is 9.07 Å². The van der Waals surface area contributed by atoms with Crippen LogP contribution in [0, 0.1) is 5.82 Å². The summed E-state index contributed by atoms with van der Waals surface area (Å²) in [5.41, 5.74) is 1.85. The van der Waals surface area contributed by atoms with Crippen molar-refractivity contribution >= 4 is 11.5 Å². The summed E-state index contributed by atoms with van der Waals surface area (Å²) in [6.45, 7) is 0. The SMILES string of the molecule is COc1ccc(Nc2c(F)c(-c3ccccc3)nn2C)cc1. The Morgan fingerprint density at radius 1 is 1.05 bits per heavy atom. The van der Waals surface area contributed by atoms with Crippen molar-refractivity contribution in [2.24, 2.45) is 7.05 Å². The Kier molecular flexibility index (Phi) is 3.78. The van der Waals surface area contributed by atoms with Crippen molar-refractivity contribution in [2.75, 3.05) is 12.4 Å². The Bertz CT molecular complexity index is 767. The van der Waals surface area contributed by atoms with E-state index in [9.17, 15) is 4.39 Å². The second-order valence-corrected chi connectivity index (χ2v) is 4.85. The van der Waals surface area contributed by atoms with E-state index >= 15 is 0 Å². The van der Waals surface area contributed by atoms with Gasteiger partial charge in [-0.2, -0.15) is 5.10 Å². The largest absolute Gasteiger partial charge is 0.497 e. The van der Waals surface area contributed by atoms with Crippen molar-refractivity contribution in [3.63, 3.8) is 0 Å². The molecule has 0 saturated heterocycles. The Hall–Kier alpha value is -2.82. The lowest BCUT2D eigenvalue weighted by Gasteiger charge is -2.07. The number of nitrogens with one attached hydrogen (secondary N) is 1. The third-order valence-electron chi connectivity index (χ3n) is 3.39. The van der Waals surface area contributed by atoms with E-state index in [0.29, 0.717) is 11.5 Å². The van der Waals surface area contributed by atoms with Crippen molar-refractivity contribution in [1.82, 2.24) is 9.78 Å². The molecule has 0 amide bonds. The molecule has 0 radical (unpaired) electrons. The fraction of sp³-hybridized carbons (Fsp3) is 0.118. The van der Waals surface area contributed by atoms with Gasteiger partial charge in [0, 0.05) is 18.3 Å². The van der Waals surface area contributed by atoms with Crippen molar-refractivity contribution in [3.05, 3.63) is 60.4 Å². The van der Waals surface area contributed by atoms with E-state index < -0.39 is 0 Å². The molecule has 0 saturated carbocycles. The Morgan fingerprint density at radius 3 is 2.36 bits per heavy atom. The highest BCUT2D eigenvalue weighted by atomic mass is 19.1. The van der Waals surface area contributed by atoms with Gasteiger partial charge in [-0.05, 0) is 24.3 Å². The van der Waals surface area contributed by atoms with Gasteiger partial charge in [-0.1, -0.05) is 30.3 Å². The van der Waals surface area contributed by atoms with Crippen LogP contribution in [0.15, 0.2) is 54.6 Å². The van der Waals surface area contributed by atoms with Crippen LogP contribution in [0.4, 0.5) is 15.9 Å². The first-order valence-corrected chi connectivity index (χ1v) is 6.88. The van der Waals surface area contributed by atoms with Crippen molar-refractivity contribution in [2.45, 2.75) is 0 Å². The summed E-state index contributed by atoms with van der Waals surface area (Å²) in [6.07, 6.45) is 0. The zero-order chi connectivity index (χ0) is 15.5. The number of benzene rings is 2. The number of ether oxygens (including phenoxy) is 1. The Morgan fingerprint density at radius 2 is 1.73 bits per heavy atom. The predicted molar refractivity (Wildman–Crippen MR) is 84.9 cm³/mol. The van der Waals surface area contributed by atoms with Crippen molar-refractivity contribution < 1.29 is 9.13 Å². The quantitative estimate of drug-likeness (QED) is 0.791. The number of nitrogens with zero attached hydrogens (tertiary/aromatic N) is 2. The molecule has 0 spiro atoms. The van der Waals surface area contributed by atoms with Crippen LogP contribution in [0.3, 0.4) is 0 Å². The minimum Gasteiger partial charge on any atom is -0.497 e. The van der Waals surface area contributed by atoms with Crippen LogP contribution < -0.4 is 10.1 Å². The van der Waals surface area contributed by atoms with Crippen molar-refractivity contribution in [1.29, 1.82) is 0 Å². The van der Waals surface area contributed by atoms with Crippen molar-refractivity contribution in [3.8, 4) is 17.0 Å². The van der Waals surface area contributed by atoms with Gasteiger partial charge in [-0.15, -0.1) is 0 Å². The Labute approximate surface area is 128 Å². The highest BCUT2D eigenvalue weighted by Crippen LogP contribution is 2.29. The maximum absolute atomic E-state index is 14.6. The van der Waals surface area contributed by atoms with E-state index in [0.717, 1.165) is 17.0 Å². The number of halogens is 1. The summed E-state index contributed by atoms with van der Waals surface area (Å²) >= 11 is 0. The normalized spacial score (nSPS) is 10.5. The molecule has 22 heavy (non-hydrogen) atoms. The van der Waals surface area contributed by atoms with Gasteiger partial charge in [0.2, 0.25) is 0 Å². The van der Waals surface area contributed by atoms with Crippen LogP contribution in [0.25, 0.3) is 11.3 Å². The van der Waals surface area contributed by atoms with Gasteiger partial charge in [-0.3, -0.25) is 0 Å². The number of aromatic nitrogens is 2. The predicted octanol–water partition coefficient (Wildman–Crippen LogP) is 3.98. The van der Waals surface area contributed by atoms with Gasteiger partial charge in [0.15, 0.2) is 11.6 Å². The smallest absolute Gasteiger partial charge is 0.193 e. The van der Waals surface area contributed by atoms with Gasteiger partial charge in [0.05, 0.1) is 7.11 Å². The molecule has 0 atom stereocenters. The molecule has 0 aliphatic rings. The fourth-order valence-corrected chi connectivity index (χ4v) is 2.23. The molecule has 0 bridgehead atoms. The summed E-state index contributed by atoms with van der Waals surface area (Å²) in [5.74, 6) is 0.703. The van der Waals surface area contributed by atoms with Gasteiger partial charge in [0.1, 0.15) is 11.4 Å². The standard InChI is InChI=1S/C17H16FN3O/c1-21-17(19-13-8-10-14(22-2)11-9-13)15(18)16(20-21)12-6-4-3-5-7-12/h3-11,19H,1-2H3. The van der Waals surface area contributed by atoms with Crippen LogP contribution in [0.1, 0.15) is 0 Å². The number of anilines is 2. The van der Waals surface area contributed by atoms with Crippen LogP contribution in [-0.4, -0.2) is 16.9 Å². The summed E-state index contributed by atoms with van der Waals surface area (Å²) < 4.78 is 21.3. The van der Waals surface area contributed by atoms with Gasteiger partial charge >= 0.3 is 0 Å². The molecule has 1 N–H and O–H groups in total. The van der Waals surface area contributed by atoms with E-state index in [1.807, 2.05) is 54.6 Å². The number of hydrogen-bond donors (Lipinski definition) is 1. The molecule has 4 nitrogen and oxygen atoms in total. The number of hydrogen-bond acceptors (Lipinski definition) is 3.